The first-order chi connectivity index (χ1) is 16.7. The van der Waals surface area contributed by atoms with Crippen LogP contribution < -0.4 is 0 Å². The fraction of sp³-hybridized carbons (Fsp3) is 0.808. The van der Waals surface area contributed by atoms with Crippen molar-refractivity contribution < 1.29 is 29.0 Å². The van der Waals surface area contributed by atoms with Crippen LogP contribution in [0.1, 0.15) is 59.3 Å². The number of nitrogens with zero attached hydrogens (tertiary/aromatic N) is 2. The highest BCUT2D eigenvalue weighted by Crippen LogP contribution is 2.61. The van der Waals surface area contributed by atoms with Crippen molar-refractivity contribution in [1.82, 2.24) is 9.80 Å². The van der Waals surface area contributed by atoms with E-state index in [4.69, 9.17) is 9.47 Å². The third kappa shape index (κ3) is 4.25. The van der Waals surface area contributed by atoms with Crippen molar-refractivity contribution >= 4 is 33.7 Å². The molecule has 4 aliphatic rings. The summed E-state index contributed by atoms with van der Waals surface area (Å²) in [6.07, 6.45) is 6.76. The largest absolute Gasteiger partial charge is 0.466 e. The van der Waals surface area contributed by atoms with Crippen LogP contribution in [0.25, 0.3) is 0 Å². The second kappa shape index (κ2) is 10.5. The van der Waals surface area contributed by atoms with Gasteiger partial charge in [0.1, 0.15) is 11.6 Å². The molecule has 4 rings (SSSR count). The Morgan fingerprint density at radius 2 is 2.03 bits per heavy atom. The molecule has 3 saturated heterocycles. The zero-order valence-corrected chi connectivity index (χ0v) is 22.6. The zero-order valence-electron chi connectivity index (χ0n) is 21.0. The molecule has 35 heavy (non-hydrogen) atoms. The maximum Gasteiger partial charge on any atom is 0.312 e. The average Bonchev–Trinajstić information content (AvgIpc) is 3.42. The van der Waals surface area contributed by atoms with Gasteiger partial charge in [-0.3, -0.25) is 14.4 Å². The molecule has 1 saturated carbocycles. The van der Waals surface area contributed by atoms with E-state index < -0.39 is 41.6 Å². The highest BCUT2D eigenvalue weighted by molar-refractivity contribution is 9.09. The number of aliphatic hydroxyl groups excluding tert-OH is 1. The van der Waals surface area contributed by atoms with Crippen molar-refractivity contribution in [3.63, 3.8) is 0 Å². The number of rotatable bonds is 9. The Hall–Kier alpha value is -1.45. The second-order valence-corrected chi connectivity index (χ2v) is 11.9. The van der Waals surface area contributed by atoms with Crippen molar-refractivity contribution in [2.75, 3.05) is 19.8 Å². The predicted molar refractivity (Wildman–Crippen MR) is 134 cm³/mol. The van der Waals surface area contributed by atoms with Gasteiger partial charge in [-0.25, -0.2) is 0 Å². The monoisotopic (exact) mass is 554 g/mol. The predicted octanol–water partition coefficient (Wildman–Crippen LogP) is 2.66. The Balaban J connectivity index is 1.80. The summed E-state index contributed by atoms with van der Waals surface area (Å²) in [5.74, 6) is -2.60. The lowest BCUT2D eigenvalue weighted by atomic mass is 9.70. The standard InChI is InChI=1S/C26H39BrN2O6/c1-5-12-28(16-10-8-7-9-11-16)24(32)22-26-13-17(27)21(35-26)19(25(33)34-6-2)20(26)23(31)29(22)18(14-30)15(3)4/h5,15-22,30H,1,6-14H2,2-4H3/t17?,18-,19-,20+,21-,22-,26+/m0/s1. The van der Waals surface area contributed by atoms with Gasteiger partial charge in [0.2, 0.25) is 11.8 Å². The minimum Gasteiger partial charge on any atom is -0.466 e. The van der Waals surface area contributed by atoms with Gasteiger partial charge in [-0.1, -0.05) is 55.1 Å². The maximum absolute atomic E-state index is 14.5. The molecule has 2 bridgehead atoms. The van der Waals surface area contributed by atoms with Crippen molar-refractivity contribution in [3.8, 4) is 0 Å². The van der Waals surface area contributed by atoms with Gasteiger partial charge in [-0.2, -0.15) is 0 Å². The number of aliphatic hydroxyl groups is 1. The van der Waals surface area contributed by atoms with E-state index in [2.05, 4.69) is 22.5 Å². The van der Waals surface area contributed by atoms with E-state index in [0.717, 1.165) is 32.1 Å². The summed E-state index contributed by atoms with van der Waals surface area (Å²) in [5, 5.41) is 10.3. The fourth-order valence-electron chi connectivity index (χ4n) is 6.94. The van der Waals surface area contributed by atoms with Crippen LogP contribution in [0.15, 0.2) is 12.7 Å². The van der Waals surface area contributed by atoms with E-state index >= 15 is 0 Å². The molecule has 0 aromatic rings. The number of amides is 2. The third-order valence-corrected chi connectivity index (χ3v) is 9.30. The summed E-state index contributed by atoms with van der Waals surface area (Å²) in [7, 11) is 0. The van der Waals surface area contributed by atoms with Crippen LogP contribution >= 0.6 is 15.9 Å². The summed E-state index contributed by atoms with van der Waals surface area (Å²) >= 11 is 3.68. The third-order valence-electron chi connectivity index (χ3n) is 8.46. The molecule has 9 heteroatoms. The normalized spacial score (nSPS) is 35.3. The van der Waals surface area contributed by atoms with E-state index in [1.165, 1.54) is 0 Å². The van der Waals surface area contributed by atoms with Crippen molar-refractivity contribution in [3.05, 3.63) is 12.7 Å². The Morgan fingerprint density at radius 1 is 1.34 bits per heavy atom. The minimum absolute atomic E-state index is 0.0764. The molecule has 196 valence electrons. The van der Waals surface area contributed by atoms with Crippen LogP contribution in [0, 0.1) is 17.8 Å². The van der Waals surface area contributed by atoms with Gasteiger partial charge in [-0.05, 0) is 32.1 Å². The van der Waals surface area contributed by atoms with Crippen LogP contribution in [-0.4, -0.2) is 87.1 Å². The van der Waals surface area contributed by atoms with Crippen LogP contribution in [0.3, 0.4) is 0 Å². The topological polar surface area (TPSA) is 96.4 Å². The number of hydrogen-bond donors (Lipinski definition) is 1. The number of likely N-dealkylation sites (tertiary alicyclic amines) is 1. The molecule has 4 fully saturated rings. The van der Waals surface area contributed by atoms with Crippen LogP contribution in [0.2, 0.25) is 0 Å². The average molecular weight is 556 g/mol. The molecular formula is C26H39BrN2O6. The maximum atomic E-state index is 14.5. The quantitative estimate of drug-likeness (QED) is 0.267. The number of fused-ring (bicyclic) bond motifs is 1. The first-order valence-electron chi connectivity index (χ1n) is 13.1. The van der Waals surface area contributed by atoms with Gasteiger partial charge in [0.25, 0.3) is 0 Å². The summed E-state index contributed by atoms with van der Waals surface area (Å²) in [5.41, 5.74) is -1.14. The van der Waals surface area contributed by atoms with Gasteiger partial charge in [0.05, 0.1) is 37.2 Å². The summed E-state index contributed by atoms with van der Waals surface area (Å²) in [4.78, 5) is 44.9. The number of ether oxygens (including phenoxy) is 2. The zero-order chi connectivity index (χ0) is 25.5. The second-order valence-electron chi connectivity index (χ2n) is 10.7. The van der Waals surface area contributed by atoms with E-state index in [9.17, 15) is 19.5 Å². The molecule has 0 aromatic carbocycles. The molecule has 7 atom stereocenters. The molecule has 0 radical (unpaired) electrons. The van der Waals surface area contributed by atoms with Gasteiger partial charge < -0.3 is 24.4 Å². The number of alkyl halides is 1. The van der Waals surface area contributed by atoms with Gasteiger partial charge in [-0.15, -0.1) is 6.58 Å². The first-order valence-corrected chi connectivity index (χ1v) is 14.0. The lowest BCUT2D eigenvalue weighted by molar-refractivity contribution is -0.157. The lowest BCUT2D eigenvalue weighted by Crippen LogP contribution is -2.61. The van der Waals surface area contributed by atoms with Crippen LogP contribution in [-0.2, 0) is 23.9 Å². The van der Waals surface area contributed by atoms with Crippen molar-refractivity contribution in [2.24, 2.45) is 17.8 Å². The SMILES string of the molecule is C=CCN(C(=O)[C@@H]1N([C@@H](CO)C(C)C)C(=O)[C@H]2[C@H](C(=O)OCC)[C@H]3O[C@@]12CC3Br)C1CCCCC1. The Morgan fingerprint density at radius 3 is 2.60 bits per heavy atom. The molecule has 1 aliphatic carbocycles. The van der Waals surface area contributed by atoms with E-state index in [-0.39, 0.29) is 41.8 Å². The Labute approximate surface area is 216 Å². The molecule has 1 N–H and O–H groups in total. The Bertz CT molecular complexity index is 846. The van der Waals surface area contributed by atoms with Gasteiger partial charge >= 0.3 is 5.97 Å². The summed E-state index contributed by atoms with van der Waals surface area (Å²) < 4.78 is 11.9. The molecule has 0 aromatic heterocycles. The van der Waals surface area contributed by atoms with Crippen molar-refractivity contribution in [1.29, 1.82) is 0 Å². The molecular weight excluding hydrogens is 516 g/mol. The summed E-state index contributed by atoms with van der Waals surface area (Å²) in [6.45, 7) is 9.80. The number of hydrogen-bond acceptors (Lipinski definition) is 6. The van der Waals surface area contributed by atoms with Crippen LogP contribution in [0.5, 0.6) is 0 Å². The highest BCUT2D eigenvalue weighted by atomic mass is 79.9. The number of carbonyl (C=O) groups excluding carboxylic acids is 3. The fourth-order valence-corrected chi connectivity index (χ4v) is 7.88. The Kier molecular flexibility index (Phi) is 7.98. The molecule has 1 spiro atoms. The number of esters is 1. The van der Waals surface area contributed by atoms with Gasteiger partial charge in [0, 0.05) is 17.4 Å². The van der Waals surface area contributed by atoms with Crippen LogP contribution in [0.4, 0.5) is 0 Å². The summed E-state index contributed by atoms with van der Waals surface area (Å²) in [6, 6.07) is -1.40. The molecule has 3 heterocycles. The van der Waals surface area contributed by atoms with Gasteiger partial charge in [0.15, 0.2) is 0 Å². The number of carbonyl (C=O) groups is 3. The van der Waals surface area contributed by atoms with Crippen molar-refractivity contribution in [2.45, 2.75) is 94.0 Å². The molecule has 3 aliphatic heterocycles. The number of halogens is 1. The van der Waals surface area contributed by atoms with E-state index in [1.54, 1.807) is 17.9 Å². The van der Waals surface area contributed by atoms with E-state index in [0.29, 0.717) is 13.0 Å². The molecule has 1 unspecified atom stereocenters. The molecule has 8 nitrogen and oxygen atoms in total. The lowest BCUT2D eigenvalue weighted by Gasteiger charge is -2.43. The molecule has 2 amide bonds. The smallest absolute Gasteiger partial charge is 0.312 e. The first kappa shape index (κ1) is 26.6. The van der Waals surface area contributed by atoms with E-state index in [1.807, 2.05) is 18.7 Å². The highest BCUT2D eigenvalue weighted by Gasteiger charge is 2.77. The minimum atomic E-state index is -1.14.